The van der Waals surface area contributed by atoms with Gasteiger partial charge in [0, 0.05) is 35.1 Å². The number of amides is 2. The molecule has 0 spiro atoms. The van der Waals surface area contributed by atoms with Gasteiger partial charge in [0.2, 0.25) is 11.8 Å². The average molecular weight is 497 g/mol. The molecule has 0 aromatic heterocycles. The van der Waals surface area contributed by atoms with E-state index in [2.05, 4.69) is 46.9 Å². The maximum absolute atomic E-state index is 12.5. The molecule has 0 saturated carbocycles. The number of fused-ring (bicyclic) bond motifs is 1. The maximum Gasteiger partial charge on any atom is 0.227 e. The highest BCUT2D eigenvalue weighted by atomic mass is 79.9. The highest BCUT2D eigenvalue weighted by molar-refractivity contribution is 9.10. The number of hydrogen-bond acceptors (Lipinski definition) is 4. The maximum atomic E-state index is 12.5. The molecule has 1 unspecified atom stereocenters. The molecular weight excluding hydrogens is 472 g/mol. The van der Waals surface area contributed by atoms with E-state index in [1.165, 1.54) is 0 Å². The normalized spacial score (nSPS) is 18.4. The van der Waals surface area contributed by atoms with E-state index in [4.69, 9.17) is 9.47 Å². The largest absolute Gasteiger partial charge is 0.483 e. The first kappa shape index (κ1) is 22.2. The Morgan fingerprint density at radius 3 is 2.91 bits per heavy atom. The molecule has 2 heterocycles. The van der Waals surface area contributed by atoms with Crippen LogP contribution in [0.25, 0.3) is 0 Å². The predicted octanol–water partition coefficient (Wildman–Crippen LogP) is 3.71. The van der Waals surface area contributed by atoms with Gasteiger partial charge in [0.05, 0.1) is 12.5 Å². The van der Waals surface area contributed by atoms with Crippen LogP contribution in [0, 0.1) is 17.8 Å². The highest BCUT2D eigenvalue weighted by Crippen LogP contribution is 2.41. The minimum absolute atomic E-state index is 0.0523. The molecule has 4 rings (SSSR count). The number of hydrogen-bond donors (Lipinski definition) is 1. The van der Waals surface area contributed by atoms with Crippen molar-refractivity contribution in [2.24, 2.45) is 5.92 Å². The molecule has 0 aliphatic carbocycles. The smallest absolute Gasteiger partial charge is 0.227 e. The fourth-order valence-electron chi connectivity index (χ4n) is 3.98. The molecular formula is C25H25BrN2O4. The molecule has 0 radical (unpaired) electrons. The second kappa shape index (κ2) is 9.25. The van der Waals surface area contributed by atoms with Crippen molar-refractivity contribution in [3.8, 4) is 23.3 Å². The van der Waals surface area contributed by atoms with Crippen LogP contribution in [0.5, 0.6) is 11.5 Å². The quantitative estimate of drug-likeness (QED) is 0.640. The van der Waals surface area contributed by atoms with E-state index >= 15 is 0 Å². The van der Waals surface area contributed by atoms with Gasteiger partial charge in [0.15, 0.2) is 11.5 Å². The van der Waals surface area contributed by atoms with E-state index in [9.17, 15) is 9.59 Å². The van der Waals surface area contributed by atoms with Gasteiger partial charge in [-0.25, -0.2) is 0 Å². The molecule has 7 heteroatoms. The zero-order valence-electron chi connectivity index (χ0n) is 18.1. The van der Waals surface area contributed by atoms with E-state index < -0.39 is 0 Å². The molecule has 1 atom stereocenters. The van der Waals surface area contributed by atoms with Crippen molar-refractivity contribution in [2.75, 3.05) is 24.6 Å². The Bertz CT molecular complexity index is 1100. The number of benzene rings is 2. The lowest BCUT2D eigenvalue weighted by atomic mass is 10.0. The summed E-state index contributed by atoms with van der Waals surface area (Å²) in [7, 11) is 0. The summed E-state index contributed by atoms with van der Waals surface area (Å²) in [5.41, 5.74) is 1.69. The zero-order valence-corrected chi connectivity index (χ0v) is 19.7. The van der Waals surface area contributed by atoms with Crippen LogP contribution >= 0.6 is 15.9 Å². The molecule has 6 nitrogen and oxygen atoms in total. The molecule has 2 aromatic rings. The average Bonchev–Trinajstić information content (AvgIpc) is 3.29. The Labute approximate surface area is 196 Å². The first-order valence-corrected chi connectivity index (χ1v) is 11.3. The molecule has 1 saturated heterocycles. The van der Waals surface area contributed by atoms with Crippen LogP contribution in [0.3, 0.4) is 0 Å². The van der Waals surface area contributed by atoms with Crippen molar-refractivity contribution < 1.29 is 19.1 Å². The van der Waals surface area contributed by atoms with Crippen molar-refractivity contribution >= 4 is 33.4 Å². The van der Waals surface area contributed by atoms with Crippen molar-refractivity contribution in [1.29, 1.82) is 0 Å². The van der Waals surface area contributed by atoms with Gasteiger partial charge in [0.1, 0.15) is 12.2 Å². The van der Waals surface area contributed by atoms with Gasteiger partial charge in [-0.2, -0.15) is 0 Å². The van der Waals surface area contributed by atoms with Gasteiger partial charge in [0.25, 0.3) is 0 Å². The van der Waals surface area contributed by atoms with Crippen LogP contribution in [-0.2, 0) is 16.0 Å². The zero-order chi connectivity index (χ0) is 22.7. The van der Waals surface area contributed by atoms with Gasteiger partial charge in [-0.15, -0.1) is 0 Å². The molecule has 2 amide bonds. The molecule has 2 aliphatic heterocycles. The Morgan fingerprint density at radius 2 is 2.09 bits per heavy atom. The van der Waals surface area contributed by atoms with Crippen molar-refractivity contribution in [3.05, 3.63) is 52.5 Å². The molecule has 32 heavy (non-hydrogen) atoms. The molecule has 2 aromatic carbocycles. The summed E-state index contributed by atoms with van der Waals surface area (Å²) in [6, 6.07) is 13.4. The molecule has 2 aliphatic rings. The van der Waals surface area contributed by atoms with Gasteiger partial charge >= 0.3 is 0 Å². The van der Waals surface area contributed by atoms with Crippen molar-refractivity contribution in [3.63, 3.8) is 0 Å². The van der Waals surface area contributed by atoms with Gasteiger partial charge in [-0.3, -0.25) is 9.59 Å². The molecule has 1 N–H and O–H groups in total. The highest BCUT2D eigenvalue weighted by Gasteiger charge is 2.35. The minimum Gasteiger partial charge on any atom is -0.483 e. The molecule has 1 fully saturated rings. The summed E-state index contributed by atoms with van der Waals surface area (Å²) in [4.78, 5) is 26.5. The molecule has 166 valence electrons. The van der Waals surface area contributed by atoms with E-state index in [-0.39, 0.29) is 42.9 Å². The van der Waals surface area contributed by atoms with E-state index in [1.807, 2.05) is 42.5 Å². The van der Waals surface area contributed by atoms with Crippen LogP contribution in [0.2, 0.25) is 0 Å². The summed E-state index contributed by atoms with van der Waals surface area (Å²) in [5.74, 6) is 6.69. The van der Waals surface area contributed by atoms with Crippen LogP contribution in [0.15, 0.2) is 46.9 Å². The lowest BCUT2D eigenvalue weighted by Crippen LogP contribution is -2.33. The Hall–Kier alpha value is -2.98. The second-order valence-electron chi connectivity index (χ2n) is 8.53. The van der Waals surface area contributed by atoms with Crippen LogP contribution in [0.1, 0.15) is 25.8 Å². The summed E-state index contributed by atoms with van der Waals surface area (Å²) in [6.07, 6.45) is 1.05. The van der Waals surface area contributed by atoms with Gasteiger partial charge < -0.3 is 19.7 Å². The summed E-state index contributed by atoms with van der Waals surface area (Å²) in [5, 5.41) is 2.80. The van der Waals surface area contributed by atoms with Gasteiger partial charge in [-0.1, -0.05) is 46.0 Å². The van der Waals surface area contributed by atoms with Crippen LogP contribution in [0.4, 0.5) is 5.69 Å². The lowest BCUT2D eigenvalue weighted by Gasteiger charge is -2.17. The van der Waals surface area contributed by atoms with E-state index in [1.54, 1.807) is 4.90 Å². The fourth-order valence-corrected chi connectivity index (χ4v) is 4.37. The third kappa shape index (κ3) is 5.08. The third-order valence-electron chi connectivity index (χ3n) is 5.45. The Kier molecular flexibility index (Phi) is 6.43. The number of ether oxygens (including phenoxy) is 2. The standard InChI is InChI=1S/C25H25BrN2O4/c1-25(2)15-17-7-5-10-21(23(17)32-25)31-12-4-3-11-27-24(30)18-13-22(29)28(16-18)20-9-6-8-19(26)14-20/h5-10,14,18H,11-13,15-16H2,1-2H3,(H,27,30). The number of nitrogens with one attached hydrogen (secondary N) is 1. The summed E-state index contributed by atoms with van der Waals surface area (Å²) >= 11 is 3.41. The first-order chi connectivity index (χ1) is 15.3. The number of carbonyl (C=O) groups is 2. The number of anilines is 1. The number of halogens is 1. The fraction of sp³-hybridized carbons (Fsp3) is 0.360. The van der Waals surface area contributed by atoms with Crippen molar-refractivity contribution in [2.45, 2.75) is 32.3 Å². The van der Waals surface area contributed by atoms with Crippen molar-refractivity contribution in [1.82, 2.24) is 5.32 Å². The summed E-state index contributed by atoms with van der Waals surface area (Å²) in [6.45, 7) is 4.88. The van der Waals surface area contributed by atoms with E-state index in [0.717, 1.165) is 27.9 Å². The monoisotopic (exact) mass is 496 g/mol. The Morgan fingerprint density at radius 1 is 1.28 bits per heavy atom. The van der Waals surface area contributed by atoms with Crippen LogP contribution in [-0.4, -0.2) is 37.1 Å². The predicted molar refractivity (Wildman–Crippen MR) is 126 cm³/mol. The second-order valence-corrected chi connectivity index (χ2v) is 9.44. The lowest BCUT2D eigenvalue weighted by molar-refractivity contribution is -0.126. The molecule has 0 bridgehead atoms. The number of para-hydroxylation sites is 1. The topological polar surface area (TPSA) is 67.9 Å². The summed E-state index contributed by atoms with van der Waals surface area (Å²) < 4.78 is 12.6. The Balaban J connectivity index is 1.24. The third-order valence-corrected chi connectivity index (χ3v) is 5.94. The number of nitrogens with zero attached hydrogens (tertiary/aromatic N) is 1. The first-order valence-electron chi connectivity index (χ1n) is 10.6. The minimum atomic E-state index is -0.382. The van der Waals surface area contributed by atoms with Gasteiger partial charge in [-0.05, 0) is 38.1 Å². The van der Waals surface area contributed by atoms with Crippen LogP contribution < -0.4 is 19.7 Å². The SMILES string of the molecule is CC1(C)Cc2cccc(OCC#CCNC(=O)C3CC(=O)N(c4cccc(Br)c4)C3)c2O1. The number of rotatable bonds is 5. The number of carbonyl (C=O) groups excluding carboxylic acids is 2. The van der Waals surface area contributed by atoms with E-state index in [0.29, 0.717) is 12.3 Å².